The number of ketones is 1. The van der Waals surface area contributed by atoms with Gasteiger partial charge in [0.25, 0.3) is 0 Å². The first-order valence-electron chi connectivity index (χ1n) is 10.9. The van der Waals surface area contributed by atoms with E-state index in [1.807, 2.05) is 6.92 Å². The molecule has 2 aromatic carbocycles. The average molecular weight is 452 g/mol. The molecule has 2 amide bonds. The van der Waals surface area contributed by atoms with Crippen LogP contribution in [0.2, 0.25) is 0 Å². The molecule has 4 atom stereocenters. The summed E-state index contributed by atoms with van der Waals surface area (Å²) in [4.78, 5) is 53.4. The maximum absolute atomic E-state index is 14.8. The zero-order chi connectivity index (χ0) is 23.9. The minimum atomic E-state index is -1.49. The van der Waals surface area contributed by atoms with Crippen LogP contribution in [-0.2, 0) is 19.1 Å². The van der Waals surface area contributed by atoms with E-state index in [9.17, 15) is 23.6 Å². The topological polar surface area (TPSA) is 92.8 Å². The maximum atomic E-state index is 14.8. The lowest BCUT2D eigenvalue weighted by Crippen LogP contribution is -2.56. The van der Waals surface area contributed by atoms with Crippen molar-refractivity contribution in [1.82, 2.24) is 5.32 Å². The molecule has 2 aliphatic heterocycles. The fourth-order valence-corrected chi connectivity index (χ4v) is 5.21. The highest BCUT2D eigenvalue weighted by molar-refractivity contribution is 6.24. The van der Waals surface area contributed by atoms with E-state index in [0.717, 1.165) is 4.90 Å². The van der Waals surface area contributed by atoms with E-state index in [0.29, 0.717) is 12.0 Å². The van der Waals surface area contributed by atoms with Crippen molar-refractivity contribution in [2.75, 3.05) is 12.0 Å². The van der Waals surface area contributed by atoms with Crippen molar-refractivity contribution in [1.29, 1.82) is 0 Å². The molecule has 0 unspecified atom stereocenters. The van der Waals surface area contributed by atoms with Crippen LogP contribution in [0.1, 0.15) is 48.7 Å². The summed E-state index contributed by atoms with van der Waals surface area (Å²) in [7, 11) is 1.22. The summed E-state index contributed by atoms with van der Waals surface area (Å²) < 4.78 is 19.9. The van der Waals surface area contributed by atoms with Crippen molar-refractivity contribution in [2.24, 2.45) is 11.8 Å². The van der Waals surface area contributed by atoms with E-state index >= 15 is 0 Å². The zero-order valence-electron chi connectivity index (χ0n) is 18.6. The number of fused-ring (bicyclic) bond motifs is 1. The van der Waals surface area contributed by atoms with Crippen LogP contribution in [0.4, 0.5) is 10.1 Å². The van der Waals surface area contributed by atoms with Gasteiger partial charge in [-0.25, -0.2) is 9.29 Å². The molecule has 1 N–H and O–H groups in total. The highest BCUT2D eigenvalue weighted by Crippen LogP contribution is 2.52. The van der Waals surface area contributed by atoms with E-state index in [-0.39, 0.29) is 23.5 Å². The van der Waals surface area contributed by atoms with Crippen LogP contribution in [0, 0.1) is 17.7 Å². The molecule has 2 fully saturated rings. The van der Waals surface area contributed by atoms with Crippen LogP contribution in [-0.4, -0.2) is 36.2 Å². The number of hydrogen-bond acceptors (Lipinski definition) is 6. The molecule has 0 bridgehead atoms. The minimum absolute atomic E-state index is 0.204. The summed E-state index contributed by atoms with van der Waals surface area (Å²) in [6.07, 6.45) is 0.753. The number of methoxy groups -OCH3 is 1. The number of Topliss-reactive ketones (excluding diaryl/α,β-unsaturated/α-hetero) is 1. The molecule has 172 valence electrons. The normalized spacial score (nSPS) is 26.4. The molecule has 2 aromatic rings. The third-order valence-electron chi connectivity index (χ3n) is 6.60. The van der Waals surface area contributed by atoms with Crippen LogP contribution < -0.4 is 10.2 Å². The van der Waals surface area contributed by atoms with Gasteiger partial charge >= 0.3 is 5.97 Å². The van der Waals surface area contributed by atoms with Crippen LogP contribution >= 0.6 is 0 Å². The Labute approximate surface area is 190 Å². The quantitative estimate of drug-likeness (QED) is 0.411. The van der Waals surface area contributed by atoms with Crippen LogP contribution in [0.5, 0.6) is 0 Å². The molecular weight excluding hydrogens is 427 g/mol. The number of hydrogen-bond donors (Lipinski definition) is 1. The highest BCUT2D eigenvalue weighted by Gasteiger charge is 2.68. The van der Waals surface area contributed by atoms with Gasteiger partial charge in [-0.15, -0.1) is 0 Å². The van der Waals surface area contributed by atoms with Crippen molar-refractivity contribution in [3.8, 4) is 0 Å². The van der Waals surface area contributed by atoms with Gasteiger partial charge in [0, 0.05) is 17.2 Å². The number of halogens is 1. The van der Waals surface area contributed by atoms with Gasteiger partial charge in [0.15, 0.2) is 5.78 Å². The Morgan fingerprint density at radius 2 is 1.85 bits per heavy atom. The lowest BCUT2D eigenvalue weighted by Gasteiger charge is -2.32. The lowest BCUT2D eigenvalue weighted by molar-refractivity contribution is -0.152. The number of anilines is 1. The molecule has 8 heteroatoms. The second kappa shape index (κ2) is 8.51. The second-order valence-corrected chi connectivity index (χ2v) is 8.48. The van der Waals surface area contributed by atoms with Crippen molar-refractivity contribution in [2.45, 2.75) is 38.3 Å². The molecule has 0 saturated carbocycles. The van der Waals surface area contributed by atoms with Gasteiger partial charge in [-0.05, 0) is 31.5 Å². The summed E-state index contributed by atoms with van der Waals surface area (Å²) in [6.45, 7) is 3.25. The minimum Gasteiger partial charge on any atom is -0.468 e. The molecule has 0 spiro atoms. The molecule has 0 radical (unpaired) electrons. The molecule has 0 aromatic heterocycles. The van der Waals surface area contributed by atoms with E-state index in [1.165, 1.54) is 32.2 Å². The number of carbonyl (C=O) groups excluding carboxylic acids is 4. The third-order valence-corrected chi connectivity index (χ3v) is 6.60. The summed E-state index contributed by atoms with van der Waals surface area (Å²) in [5, 5.41) is 3.14. The van der Waals surface area contributed by atoms with Crippen LogP contribution in [0.3, 0.4) is 0 Å². The van der Waals surface area contributed by atoms with Crippen LogP contribution in [0.25, 0.3) is 0 Å². The van der Waals surface area contributed by atoms with Gasteiger partial charge < -0.3 is 4.74 Å². The summed E-state index contributed by atoms with van der Waals surface area (Å²) in [5.41, 5.74) is -0.688. The van der Waals surface area contributed by atoms with Gasteiger partial charge in [0.05, 0.1) is 24.6 Å². The van der Waals surface area contributed by atoms with E-state index in [4.69, 9.17) is 4.74 Å². The van der Waals surface area contributed by atoms with Crippen molar-refractivity contribution >= 4 is 29.3 Å². The SMILES string of the molecule is CCC[C@@]1(C(=O)OC)N[C@@H](c2ccccc2F)[C@H]2C(=O)N(c3cccc(C(C)=O)c3)C(=O)[C@H]21. The Kier molecular flexibility index (Phi) is 5.88. The molecule has 33 heavy (non-hydrogen) atoms. The first-order valence-corrected chi connectivity index (χ1v) is 10.9. The average Bonchev–Trinajstić information content (AvgIpc) is 3.28. The van der Waals surface area contributed by atoms with Crippen molar-refractivity contribution in [3.63, 3.8) is 0 Å². The molecule has 4 rings (SSSR count). The molecule has 2 saturated heterocycles. The number of benzene rings is 2. The maximum Gasteiger partial charge on any atom is 0.326 e. The van der Waals surface area contributed by atoms with E-state index in [2.05, 4.69) is 5.32 Å². The van der Waals surface area contributed by atoms with Gasteiger partial charge in [-0.1, -0.05) is 43.7 Å². The van der Waals surface area contributed by atoms with Crippen molar-refractivity contribution < 1.29 is 28.3 Å². The zero-order valence-corrected chi connectivity index (χ0v) is 18.6. The Morgan fingerprint density at radius 3 is 2.48 bits per heavy atom. The molecule has 2 aliphatic rings. The fraction of sp³-hybridized carbons (Fsp3) is 0.360. The van der Waals surface area contributed by atoms with Crippen molar-refractivity contribution in [3.05, 3.63) is 65.5 Å². The lowest BCUT2D eigenvalue weighted by atomic mass is 9.77. The predicted molar refractivity (Wildman–Crippen MR) is 118 cm³/mol. The first kappa shape index (κ1) is 22.8. The monoisotopic (exact) mass is 452 g/mol. The molecule has 7 nitrogen and oxygen atoms in total. The summed E-state index contributed by atoms with van der Waals surface area (Å²) >= 11 is 0. The number of imide groups is 1. The van der Waals surface area contributed by atoms with Crippen LogP contribution in [0.15, 0.2) is 48.5 Å². The van der Waals surface area contributed by atoms with Gasteiger partial charge in [0.2, 0.25) is 11.8 Å². The Balaban J connectivity index is 1.88. The summed E-state index contributed by atoms with van der Waals surface area (Å²) in [5.74, 6) is -4.63. The van der Waals surface area contributed by atoms with Gasteiger partial charge in [0.1, 0.15) is 11.4 Å². The Hall–Kier alpha value is -3.39. The summed E-state index contributed by atoms with van der Waals surface area (Å²) in [6, 6.07) is 11.3. The number of nitrogens with one attached hydrogen (secondary N) is 1. The number of ether oxygens (including phenoxy) is 1. The molecule has 0 aliphatic carbocycles. The Morgan fingerprint density at radius 1 is 1.12 bits per heavy atom. The Bertz CT molecular complexity index is 1150. The molecular formula is C25H25FN2O5. The van der Waals surface area contributed by atoms with Gasteiger partial charge in [-0.2, -0.15) is 0 Å². The van der Waals surface area contributed by atoms with E-state index < -0.39 is 47.0 Å². The standard InChI is InChI=1S/C25H25FN2O5/c1-4-12-25(24(32)33-3)20-19(21(27-25)17-10-5-6-11-18(17)26)22(30)28(23(20)31)16-9-7-8-15(13-16)14(2)29/h5-11,13,19-21,27H,4,12H2,1-3H3/t19-,20-,21-,25+/m0/s1. The third kappa shape index (κ3) is 3.45. The second-order valence-electron chi connectivity index (χ2n) is 8.48. The highest BCUT2D eigenvalue weighted by atomic mass is 19.1. The predicted octanol–water partition coefficient (Wildman–Crippen LogP) is 3.19. The van der Waals surface area contributed by atoms with Gasteiger partial charge in [-0.3, -0.25) is 24.5 Å². The molecule has 2 heterocycles. The number of carbonyl (C=O) groups is 4. The smallest absolute Gasteiger partial charge is 0.326 e. The number of nitrogens with zero attached hydrogens (tertiary/aromatic N) is 1. The fourth-order valence-electron chi connectivity index (χ4n) is 5.21. The number of rotatable bonds is 6. The first-order chi connectivity index (χ1) is 15.8. The number of esters is 1. The number of amides is 2. The van der Waals surface area contributed by atoms with E-state index in [1.54, 1.807) is 30.3 Å². The largest absolute Gasteiger partial charge is 0.468 e.